The first-order valence-corrected chi connectivity index (χ1v) is 5.08. The number of benzene rings is 1. The summed E-state index contributed by atoms with van der Waals surface area (Å²) in [6.07, 6.45) is 1.06. The molecule has 1 aromatic rings. The summed E-state index contributed by atoms with van der Waals surface area (Å²) in [7, 11) is 3.38. The number of hydrogen-bond donors (Lipinski definition) is 1. The maximum Gasteiger partial charge on any atom is 1.00 e. The Morgan fingerprint density at radius 2 is 1.83 bits per heavy atom. The van der Waals surface area contributed by atoms with E-state index >= 15 is 0 Å². The summed E-state index contributed by atoms with van der Waals surface area (Å²) in [4.78, 5) is 32.9. The van der Waals surface area contributed by atoms with E-state index in [1.54, 1.807) is 32.3 Å². The van der Waals surface area contributed by atoms with Gasteiger partial charge in [0.05, 0.1) is 6.42 Å². The van der Waals surface area contributed by atoms with Gasteiger partial charge in [0.1, 0.15) is 0 Å². The average Bonchev–Trinajstić information content (AvgIpc) is 2.29. The molecule has 0 bridgehead atoms. The molecule has 1 aliphatic rings. The van der Waals surface area contributed by atoms with Gasteiger partial charge in [-0.3, -0.25) is 19.7 Å². The van der Waals surface area contributed by atoms with Crippen molar-refractivity contribution in [3.8, 4) is 0 Å². The van der Waals surface area contributed by atoms with Gasteiger partial charge in [-0.15, -0.1) is 0 Å². The van der Waals surface area contributed by atoms with Crippen LogP contribution < -0.4 is 34.9 Å². The number of rotatable bonds is 1. The number of fused-ring (bicyclic) bond motifs is 1. The molecule has 1 heterocycles. The van der Waals surface area contributed by atoms with Crippen LogP contribution >= 0.6 is 0 Å². The first kappa shape index (κ1) is 16.8. The zero-order chi connectivity index (χ0) is 12.8. The second-order valence-corrected chi connectivity index (χ2v) is 3.78. The van der Waals surface area contributed by atoms with Crippen molar-refractivity contribution in [3.05, 3.63) is 35.4 Å². The standard InChI is InChI=1S/C9H7NO2.C3H7NO.Na.H/c11-8-5-6-3-1-2-4-7(6)9(12)10-8;1-4(2)3-5;;/h1-4H,5H2,(H,10,11,12);3H,1-2H3;;/q;;+1;-1. The summed E-state index contributed by atoms with van der Waals surface area (Å²) < 4.78 is 0. The summed E-state index contributed by atoms with van der Waals surface area (Å²) in [6.45, 7) is 0. The summed E-state index contributed by atoms with van der Waals surface area (Å²) in [6, 6.07) is 7.13. The van der Waals surface area contributed by atoms with Crippen molar-refractivity contribution in [2.24, 2.45) is 0 Å². The fourth-order valence-electron chi connectivity index (χ4n) is 1.31. The van der Waals surface area contributed by atoms with Gasteiger partial charge in [0.25, 0.3) is 5.91 Å². The first-order valence-electron chi connectivity index (χ1n) is 5.08. The van der Waals surface area contributed by atoms with Crippen LogP contribution in [0.4, 0.5) is 0 Å². The van der Waals surface area contributed by atoms with E-state index in [2.05, 4.69) is 5.32 Å². The van der Waals surface area contributed by atoms with Gasteiger partial charge in [0.15, 0.2) is 0 Å². The van der Waals surface area contributed by atoms with Gasteiger partial charge >= 0.3 is 29.6 Å². The number of imide groups is 1. The number of carbonyl (C=O) groups excluding carboxylic acids is 3. The van der Waals surface area contributed by atoms with Crippen molar-refractivity contribution in [3.63, 3.8) is 0 Å². The molecule has 0 atom stereocenters. The van der Waals surface area contributed by atoms with Gasteiger partial charge in [-0.2, -0.15) is 0 Å². The van der Waals surface area contributed by atoms with Crippen molar-refractivity contribution in [1.82, 2.24) is 10.2 Å². The third-order valence-electron chi connectivity index (χ3n) is 2.08. The van der Waals surface area contributed by atoms with Crippen LogP contribution in [0.5, 0.6) is 0 Å². The van der Waals surface area contributed by atoms with Gasteiger partial charge < -0.3 is 6.33 Å². The van der Waals surface area contributed by atoms with Crippen molar-refractivity contribution < 1.29 is 45.4 Å². The summed E-state index contributed by atoms with van der Waals surface area (Å²) in [5, 5.41) is 2.26. The smallest absolute Gasteiger partial charge is 1.00 e. The molecule has 18 heavy (non-hydrogen) atoms. The Hall–Kier alpha value is -1.17. The third kappa shape index (κ3) is 5.00. The largest absolute Gasteiger partial charge is 1.00 e. The van der Waals surface area contributed by atoms with Gasteiger partial charge in [-0.1, -0.05) is 18.2 Å². The van der Waals surface area contributed by atoms with Gasteiger partial charge in [-0.25, -0.2) is 0 Å². The van der Waals surface area contributed by atoms with Gasteiger partial charge in [0, 0.05) is 19.7 Å². The van der Waals surface area contributed by atoms with E-state index in [1.807, 2.05) is 6.07 Å². The maximum atomic E-state index is 11.2. The molecule has 92 valence electrons. The molecule has 0 saturated heterocycles. The molecule has 6 heteroatoms. The number of nitrogens with one attached hydrogen (secondary N) is 1. The monoisotopic (exact) mass is 258 g/mol. The second-order valence-electron chi connectivity index (χ2n) is 3.78. The minimum atomic E-state index is -0.290. The van der Waals surface area contributed by atoms with Crippen LogP contribution in [-0.4, -0.2) is 37.2 Å². The number of carbonyl (C=O) groups is 3. The Kier molecular flexibility index (Phi) is 7.50. The fraction of sp³-hybridized carbons (Fsp3) is 0.250. The second kappa shape index (κ2) is 8.02. The van der Waals surface area contributed by atoms with Crippen LogP contribution in [0.2, 0.25) is 0 Å². The van der Waals surface area contributed by atoms with Crippen molar-refractivity contribution in [2.75, 3.05) is 14.1 Å². The van der Waals surface area contributed by atoms with Crippen LogP contribution in [0.25, 0.3) is 0 Å². The van der Waals surface area contributed by atoms with Crippen LogP contribution in [0.3, 0.4) is 0 Å². The molecule has 1 N–H and O–H groups in total. The molecular weight excluding hydrogens is 243 g/mol. The van der Waals surface area contributed by atoms with E-state index in [1.165, 1.54) is 4.90 Å². The Morgan fingerprint density at radius 3 is 2.39 bits per heavy atom. The van der Waals surface area contributed by atoms with Crippen LogP contribution in [0, 0.1) is 0 Å². The summed E-state index contributed by atoms with van der Waals surface area (Å²) in [5.74, 6) is -0.513. The van der Waals surface area contributed by atoms with Gasteiger partial charge in [0.2, 0.25) is 12.3 Å². The maximum absolute atomic E-state index is 11.2. The van der Waals surface area contributed by atoms with E-state index in [-0.39, 0.29) is 42.8 Å². The third-order valence-corrected chi connectivity index (χ3v) is 2.08. The van der Waals surface area contributed by atoms with E-state index < -0.39 is 0 Å². The molecule has 2 rings (SSSR count). The number of hydrogen-bond acceptors (Lipinski definition) is 3. The first-order chi connectivity index (χ1) is 8.04. The van der Waals surface area contributed by atoms with E-state index in [0.717, 1.165) is 12.0 Å². The molecule has 5 nitrogen and oxygen atoms in total. The molecule has 0 aromatic heterocycles. The Morgan fingerprint density at radius 1 is 1.28 bits per heavy atom. The van der Waals surface area contributed by atoms with E-state index in [4.69, 9.17) is 0 Å². The summed E-state index contributed by atoms with van der Waals surface area (Å²) in [5.41, 5.74) is 1.42. The minimum absolute atomic E-state index is 0. The fourth-order valence-corrected chi connectivity index (χ4v) is 1.31. The average molecular weight is 258 g/mol. The SMILES string of the molecule is CN(C)C=O.O=C1Cc2ccccc2C(=O)N1.[H-].[Na+]. The van der Waals surface area contributed by atoms with Crippen LogP contribution in [-0.2, 0) is 16.0 Å². The number of nitrogens with zero attached hydrogens (tertiary/aromatic N) is 1. The van der Waals surface area contributed by atoms with E-state index in [9.17, 15) is 14.4 Å². The zero-order valence-corrected chi connectivity index (χ0v) is 12.8. The van der Waals surface area contributed by atoms with Crippen molar-refractivity contribution >= 4 is 18.2 Å². The Bertz CT molecular complexity index is 452. The normalized spacial score (nSPS) is 12.1. The topological polar surface area (TPSA) is 66.5 Å². The number of amides is 3. The molecule has 0 aliphatic carbocycles. The molecule has 0 spiro atoms. The molecule has 1 aromatic carbocycles. The molecule has 3 amide bonds. The summed E-state index contributed by atoms with van der Waals surface area (Å²) >= 11 is 0. The van der Waals surface area contributed by atoms with Gasteiger partial charge in [-0.05, 0) is 11.6 Å². The minimum Gasteiger partial charge on any atom is -1.00 e. The van der Waals surface area contributed by atoms with Crippen LogP contribution in [0.15, 0.2) is 24.3 Å². The van der Waals surface area contributed by atoms with Crippen molar-refractivity contribution in [1.29, 1.82) is 0 Å². The molecule has 0 fully saturated rings. The van der Waals surface area contributed by atoms with E-state index in [0.29, 0.717) is 12.0 Å². The molecule has 0 radical (unpaired) electrons. The van der Waals surface area contributed by atoms with Crippen LogP contribution in [0.1, 0.15) is 17.3 Å². The molecule has 0 unspecified atom stereocenters. The predicted octanol–water partition coefficient (Wildman–Crippen LogP) is -2.68. The molecular formula is C12H15N2NaO3. The molecule has 0 saturated carbocycles. The van der Waals surface area contributed by atoms with Crippen molar-refractivity contribution in [2.45, 2.75) is 6.42 Å². The Balaban J connectivity index is 0. The predicted molar refractivity (Wildman–Crippen MR) is 63.5 cm³/mol. The zero-order valence-electron chi connectivity index (χ0n) is 11.8. The quantitative estimate of drug-likeness (QED) is 0.339. The Labute approximate surface area is 129 Å². The molecule has 1 aliphatic heterocycles.